The maximum absolute atomic E-state index is 12.5. The van der Waals surface area contributed by atoms with E-state index >= 15 is 0 Å². The number of carbonyl (C=O) groups is 2. The van der Waals surface area contributed by atoms with Gasteiger partial charge in [0.2, 0.25) is 5.91 Å². The van der Waals surface area contributed by atoms with Crippen LogP contribution in [0.1, 0.15) is 24.3 Å². The summed E-state index contributed by atoms with van der Waals surface area (Å²) in [4.78, 5) is 29.8. The van der Waals surface area contributed by atoms with Gasteiger partial charge in [-0.25, -0.2) is 9.78 Å². The molecule has 150 valence electrons. The molecule has 1 atom stereocenters. The number of carboxylic acid groups (broad SMARTS) is 1. The van der Waals surface area contributed by atoms with Crippen LogP contribution in [-0.4, -0.2) is 40.0 Å². The Bertz CT molecular complexity index is 938. The number of aromatic nitrogens is 1. The van der Waals surface area contributed by atoms with E-state index in [2.05, 4.69) is 4.98 Å². The molecule has 0 spiro atoms. The first-order valence-electron chi connectivity index (χ1n) is 9.57. The van der Waals surface area contributed by atoms with Gasteiger partial charge in [0.05, 0.1) is 6.20 Å². The van der Waals surface area contributed by atoms with Crippen LogP contribution in [0.5, 0.6) is 0 Å². The highest BCUT2D eigenvalue weighted by atomic mass is 16.4. The van der Waals surface area contributed by atoms with Gasteiger partial charge in [-0.3, -0.25) is 4.79 Å². The van der Waals surface area contributed by atoms with Crippen LogP contribution in [-0.2, 0) is 22.4 Å². The van der Waals surface area contributed by atoms with Crippen LogP contribution in [0.15, 0.2) is 71.3 Å². The quantitative estimate of drug-likeness (QED) is 0.598. The monoisotopic (exact) mass is 392 g/mol. The van der Waals surface area contributed by atoms with Crippen molar-refractivity contribution in [3.63, 3.8) is 0 Å². The average molecular weight is 392 g/mol. The van der Waals surface area contributed by atoms with Gasteiger partial charge in [0.15, 0.2) is 11.7 Å². The first kappa shape index (κ1) is 20.3. The number of aryl methyl sites for hydroxylation is 1. The molecule has 0 aliphatic heterocycles. The third-order valence-electron chi connectivity index (χ3n) is 4.81. The van der Waals surface area contributed by atoms with Crippen molar-refractivity contribution >= 4 is 11.9 Å². The molecule has 0 bridgehead atoms. The third-order valence-corrected chi connectivity index (χ3v) is 4.81. The van der Waals surface area contributed by atoms with Crippen LogP contribution in [0.4, 0.5) is 0 Å². The molecule has 1 heterocycles. The van der Waals surface area contributed by atoms with E-state index in [0.29, 0.717) is 24.5 Å². The zero-order chi connectivity index (χ0) is 20.6. The lowest BCUT2D eigenvalue weighted by Crippen LogP contribution is -2.43. The number of nitrogens with zero attached hydrogens (tertiary/aromatic N) is 2. The number of aliphatic carboxylic acids is 1. The molecule has 0 saturated heterocycles. The molecule has 2 aromatic carbocycles. The SMILES string of the molecule is CN(C(=O)CCCc1ncc(-c2ccccc2)o1)C(Cc1ccccc1)C(=O)O. The number of oxazole rings is 1. The Hall–Kier alpha value is -3.41. The van der Waals surface area contributed by atoms with Crippen molar-refractivity contribution in [3.8, 4) is 11.3 Å². The number of benzene rings is 2. The molecule has 1 aromatic heterocycles. The topological polar surface area (TPSA) is 83.6 Å². The van der Waals surface area contributed by atoms with Gasteiger partial charge in [0.25, 0.3) is 0 Å². The minimum absolute atomic E-state index is 0.205. The van der Waals surface area contributed by atoms with E-state index in [0.717, 1.165) is 11.1 Å². The minimum atomic E-state index is -1.01. The van der Waals surface area contributed by atoms with Gasteiger partial charge in [-0.2, -0.15) is 0 Å². The summed E-state index contributed by atoms with van der Waals surface area (Å²) in [6, 6.07) is 18.1. The summed E-state index contributed by atoms with van der Waals surface area (Å²) in [5.41, 5.74) is 1.83. The van der Waals surface area contributed by atoms with Crippen molar-refractivity contribution in [1.82, 2.24) is 9.88 Å². The van der Waals surface area contributed by atoms with Crippen LogP contribution in [0.25, 0.3) is 11.3 Å². The zero-order valence-corrected chi connectivity index (χ0v) is 16.3. The first-order chi connectivity index (χ1) is 14.0. The first-order valence-corrected chi connectivity index (χ1v) is 9.57. The van der Waals surface area contributed by atoms with E-state index in [4.69, 9.17) is 4.42 Å². The van der Waals surface area contributed by atoms with Gasteiger partial charge in [0.1, 0.15) is 6.04 Å². The Balaban J connectivity index is 1.53. The van der Waals surface area contributed by atoms with Crippen molar-refractivity contribution in [3.05, 3.63) is 78.3 Å². The maximum atomic E-state index is 12.5. The van der Waals surface area contributed by atoms with Gasteiger partial charge in [-0.15, -0.1) is 0 Å². The Morgan fingerprint density at radius 3 is 2.38 bits per heavy atom. The molecule has 0 radical (unpaired) electrons. The number of amides is 1. The van der Waals surface area contributed by atoms with Gasteiger partial charge >= 0.3 is 5.97 Å². The molecule has 1 amide bonds. The predicted molar refractivity (Wildman–Crippen MR) is 109 cm³/mol. The number of rotatable bonds is 9. The predicted octanol–water partition coefficient (Wildman–Crippen LogP) is 3.82. The normalized spacial score (nSPS) is 11.8. The summed E-state index contributed by atoms with van der Waals surface area (Å²) in [5.74, 6) is 0.0456. The molecular formula is C23H24N2O4. The molecule has 1 unspecified atom stereocenters. The van der Waals surface area contributed by atoms with Crippen molar-refractivity contribution < 1.29 is 19.1 Å². The number of carbonyl (C=O) groups excluding carboxylic acids is 1. The minimum Gasteiger partial charge on any atom is -0.480 e. The maximum Gasteiger partial charge on any atom is 0.326 e. The van der Waals surface area contributed by atoms with Crippen molar-refractivity contribution in [2.75, 3.05) is 7.05 Å². The summed E-state index contributed by atoms with van der Waals surface area (Å²) < 4.78 is 5.75. The molecule has 0 aliphatic rings. The lowest BCUT2D eigenvalue weighted by atomic mass is 10.0. The lowest BCUT2D eigenvalue weighted by molar-refractivity contribution is -0.149. The number of hydrogen-bond donors (Lipinski definition) is 1. The fourth-order valence-corrected chi connectivity index (χ4v) is 3.13. The summed E-state index contributed by atoms with van der Waals surface area (Å²) in [6.07, 6.45) is 3.24. The summed E-state index contributed by atoms with van der Waals surface area (Å²) in [6.45, 7) is 0. The number of likely N-dealkylation sites (N-methyl/N-ethyl adjacent to an activating group) is 1. The number of hydrogen-bond acceptors (Lipinski definition) is 4. The summed E-state index contributed by atoms with van der Waals surface area (Å²) in [7, 11) is 1.54. The van der Waals surface area contributed by atoms with Crippen LogP contribution >= 0.6 is 0 Å². The molecule has 29 heavy (non-hydrogen) atoms. The Kier molecular flexibility index (Phi) is 6.79. The van der Waals surface area contributed by atoms with E-state index in [1.54, 1.807) is 13.2 Å². The second-order valence-corrected chi connectivity index (χ2v) is 6.89. The Labute approximate surface area is 169 Å². The van der Waals surface area contributed by atoms with E-state index in [1.165, 1.54) is 4.90 Å². The molecule has 0 aliphatic carbocycles. The van der Waals surface area contributed by atoms with E-state index in [9.17, 15) is 14.7 Å². The molecule has 0 saturated carbocycles. The van der Waals surface area contributed by atoms with E-state index in [-0.39, 0.29) is 18.7 Å². The highest BCUT2D eigenvalue weighted by Crippen LogP contribution is 2.20. The van der Waals surface area contributed by atoms with Crippen LogP contribution in [0.3, 0.4) is 0 Å². The van der Waals surface area contributed by atoms with Crippen molar-refractivity contribution in [2.45, 2.75) is 31.7 Å². The average Bonchev–Trinajstić information content (AvgIpc) is 3.21. The highest BCUT2D eigenvalue weighted by molar-refractivity contribution is 5.83. The van der Waals surface area contributed by atoms with Crippen molar-refractivity contribution in [2.24, 2.45) is 0 Å². The van der Waals surface area contributed by atoms with Gasteiger partial charge < -0.3 is 14.4 Å². The molecule has 3 aromatic rings. The molecule has 6 nitrogen and oxygen atoms in total. The van der Waals surface area contributed by atoms with Crippen LogP contribution in [0, 0.1) is 0 Å². The fraction of sp³-hybridized carbons (Fsp3) is 0.261. The van der Waals surface area contributed by atoms with Gasteiger partial charge in [0, 0.05) is 31.9 Å². The zero-order valence-electron chi connectivity index (χ0n) is 16.3. The molecule has 3 rings (SSSR count). The molecule has 0 fully saturated rings. The molecular weight excluding hydrogens is 368 g/mol. The van der Waals surface area contributed by atoms with Gasteiger partial charge in [-0.05, 0) is 12.0 Å². The van der Waals surface area contributed by atoms with Crippen LogP contribution < -0.4 is 0 Å². The van der Waals surface area contributed by atoms with Gasteiger partial charge in [-0.1, -0.05) is 60.7 Å². The molecule has 1 N–H and O–H groups in total. The number of carboxylic acids is 1. The van der Waals surface area contributed by atoms with E-state index in [1.807, 2.05) is 60.7 Å². The van der Waals surface area contributed by atoms with E-state index < -0.39 is 12.0 Å². The smallest absolute Gasteiger partial charge is 0.326 e. The summed E-state index contributed by atoms with van der Waals surface area (Å²) >= 11 is 0. The Morgan fingerprint density at radius 1 is 1.07 bits per heavy atom. The third kappa shape index (κ3) is 5.54. The largest absolute Gasteiger partial charge is 0.480 e. The second kappa shape index (κ2) is 9.68. The molecule has 6 heteroatoms. The standard InChI is InChI=1S/C23H24N2O4/c1-25(19(23(27)28)15-17-9-4-2-5-10-17)22(26)14-8-13-21-24-16-20(29-21)18-11-6-3-7-12-18/h2-7,9-12,16,19H,8,13-15H2,1H3,(H,27,28). The highest BCUT2D eigenvalue weighted by Gasteiger charge is 2.26. The summed E-state index contributed by atoms with van der Waals surface area (Å²) in [5, 5.41) is 9.55. The fourth-order valence-electron chi connectivity index (χ4n) is 3.13. The second-order valence-electron chi connectivity index (χ2n) is 6.89. The Morgan fingerprint density at radius 2 is 1.72 bits per heavy atom. The lowest BCUT2D eigenvalue weighted by Gasteiger charge is -2.25. The van der Waals surface area contributed by atoms with Crippen LogP contribution in [0.2, 0.25) is 0 Å². The van der Waals surface area contributed by atoms with Crippen molar-refractivity contribution in [1.29, 1.82) is 0 Å².